The molecule has 0 heterocycles. The molecule has 6 heteroatoms. The normalized spacial score (nSPS) is 12.6. The van der Waals surface area contributed by atoms with Crippen molar-refractivity contribution < 1.29 is 13.5 Å². The van der Waals surface area contributed by atoms with Gasteiger partial charge in [0.15, 0.2) is 4.91 Å². The van der Waals surface area contributed by atoms with E-state index in [-0.39, 0.29) is 22.6 Å². The molecule has 0 aliphatic heterocycles. The van der Waals surface area contributed by atoms with E-state index in [9.17, 15) is 18.8 Å². The SMILES string of the molecule is CC(C)(C)c1cc(/C=C(/C#N)S(=O)(=O)NCc2ccccc2)ccc1O. The zero-order valence-corrected chi connectivity index (χ0v) is 15.8. The quantitative estimate of drug-likeness (QED) is 0.786. The summed E-state index contributed by atoms with van der Waals surface area (Å²) in [5.41, 5.74) is 1.70. The van der Waals surface area contributed by atoms with Gasteiger partial charge < -0.3 is 5.11 Å². The van der Waals surface area contributed by atoms with Crippen molar-refractivity contribution in [3.63, 3.8) is 0 Å². The van der Waals surface area contributed by atoms with Gasteiger partial charge in [-0.25, -0.2) is 13.1 Å². The largest absolute Gasteiger partial charge is 0.508 e. The Labute approximate surface area is 154 Å². The number of phenols is 1. The van der Waals surface area contributed by atoms with Crippen LogP contribution < -0.4 is 4.72 Å². The summed E-state index contributed by atoms with van der Waals surface area (Å²) < 4.78 is 27.3. The van der Waals surface area contributed by atoms with Gasteiger partial charge in [-0.3, -0.25) is 0 Å². The predicted molar refractivity (Wildman–Crippen MR) is 103 cm³/mol. The van der Waals surface area contributed by atoms with Crippen LogP contribution in [0.5, 0.6) is 5.75 Å². The standard InChI is InChI=1S/C20H22N2O3S/c1-20(2,3)18-12-16(9-10-19(18)23)11-17(13-21)26(24,25)22-14-15-7-5-4-6-8-15/h4-12,22-23H,14H2,1-3H3/b17-11-. The lowest BCUT2D eigenvalue weighted by Crippen LogP contribution is -2.24. The Bertz CT molecular complexity index is 951. The molecule has 26 heavy (non-hydrogen) atoms. The van der Waals surface area contributed by atoms with Crippen LogP contribution in [0.25, 0.3) is 6.08 Å². The van der Waals surface area contributed by atoms with Gasteiger partial charge in [0, 0.05) is 6.54 Å². The highest BCUT2D eigenvalue weighted by Gasteiger charge is 2.20. The first-order chi connectivity index (χ1) is 12.1. The minimum Gasteiger partial charge on any atom is -0.508 e. The van der Waals surface area contributed by atoms with Gasteiger partial charge >= 0.3 is 0 Å². The summed E-state index contributed by atoms with van der Waals surface area (Å²) >= 11 is 0. The molecule has 2 N–H and O–H groups in total. The number of allylic oxidation sites excluding steroid dienone is 1. The number of nitrogens with zero attached hydrogens (tertiary/aromatic N) is 1. The van der Waals surface area contributed by atoms with Crippen molar-refractivity contribution in [3.8, 4) is 11.8 Å². The average Bonchev–Trinajstić information content (AvgIpc) is 2.59. The van der Waals surface area contributed by atoms with Crippen molar-refractivity contribution in [1.82, 2.24) is 4.72 Å². The van der Waals surface area contributed by atoms with E-state index < -0.39 is 10.0 Å². The van der Waals surface area contributed by atoms with Crippen LogP contribution in [0, 0.1) is 11.3 Å². The molecule has 0 unspecified atom stereocenters. The molecule has 0 aromatic heterocycles. The Morgan fingerprint density at radius 3 is 2.42 bits per heavy atom. The summed E-state index contributed by atoms with van der Waals surface area (Å²) in [5.74, 6) is 0.137. The van der Waals surface area contributed by atoms with Gasteiger partial charge in [-0.1, -0.05) is 57.2 Å². The second kappa shape index (κ2) is 7.73. The van der Waals surface area contributed by atoms with Gasteiger partial charge in [-0.05, 0) is 40.3 Å². The van der Waals surface area contributed by atoms with Crippen LogP contribution in [0.15, 0.2) is 53.4 Å². The lowest BCUT2D eigenvalue weighted by Gasteiger charge is -2.20. The van der Waals surface area contributed by atoms with Gasteiger partial charge in [-0.15, -0.1) is 0 Å². The highest BCUT2D eigenvalue weighted by molar-refractivity contribution is 7.93. The number of hydrogen-bond donors (Lipinski definition) is 2. The maximum atomic E-state index is 12.4. The van der Waals surface area contributed by atoms with Crippen molar-refractivity contribution >= 4 is 16.1 Å². The molecule has 2 aromatic carbocycles. The van der Waals surface area contributed by atoms with Gasteiger partial charge in [0.2, 0.25) is 0 Å². The van der Waals surface area contributed by atoms with E-state index in [1.54, 1.807) is 30.3 Å². The number of nitrogens with one attached hydrogen (secondary N) is 1. The first kappa shape index (κ1) is 19.7. The molecule has 136 valence electrons. The Morgan fingerprint density at radius 1 is 1.19 bits per heavy atom. The molecule has 0 amide bonds. The number of aromatic hydroxyl groups is 1. The van der Waals surface area contributed by atoms with Gasteiger partial charge in [0.05, 0.1) is 0 Å². The summed E-state index contributed by atoms with van der Waals surface area (Å²) in [6, 6.07) is 15.6. The Hall–Kier alpha value is -2.62. The lowest BCUT2D eigenvalue weighted by atomic mass is 9.85. The third kappa shape index (κ3) is 4.94. The van der Waals surface area contributed by atoms with Gasteiger partial charge in [-0.2, -0.15) is 5.26 Å². The number of rotatable bonds is 5. The third-order valence-electron chi connectivity index (χ3n) is 3.84. The summed E-state index contributed by atoms with van der Waals surface area (Å²) in [6.07, 6.45) is 1.31. The number of hydrogen-bond acceptors (Lipinski definition) is 4. The zero-order valence-electron chi connectivity index (χ0n) is 15.0. The first-order valence-corrected chi connectivity index (χ1v) is 9.61. The van der Waals surface area contributed by atoms with E-state index in [0.29, 0.717) is 11.1 Å². The molecule has 0 saturated carbocycles. The van der Waals surface area contributed by atoms with Crippen LogP contribution in [0.4, 0.5) is 0 Å². The monoisotopic (exact) mass is 370 g/mol. The maximum absolute atomic E-state index is 12.4. The molecule has 5 nitrogen and oxygen atoms in total. The molecular weight excluding hydrogens is 348 g/mol. The highest BCUT2D eigenvalue weighted by atomic mass is 32.2. The smallest absolute Gasteiger partial charge is 0.251 e. The molecule has 2 rings (SSSR count). The van der Waals surface area contributed by atoms with Crippen molar-refractivity contribution in [3.05, 3.63) is 70.1 Å². The van der Waals surface area contributed by atoms with E-state index in [1.807, 2.05) is 39.0 Å². The molecular formula is C20H22N2O3S. The molecule has 0 saturated heterocycles. The molecule has 0 radical (unpaired) electrons. The summed E-state index contributed by atoms with van der Waals surface area (Å²) in [4.78, 5) is -0.376. The Kier molecular flexibility index (Phi) is 5.86. The topological polar surface area (TPSA) is 90.2 Å². The predicted octanol–water partition coefficient (Wildman–Crippen LogP) is 3.67. The fourth-order valence-electron chi connectivity index (χ4n) is 2.42. The fraction of sp³-hybridized carbons (Fsp3) is 0.250. The van der Waals surface area contributed by atoms with Crippen LogP contribution in [0.1, 0.15) is 37.5 Å². The Morgan fingerprint density at radius 2 is 1.85 bits per heavy atom. The molecule has 0 bridgehead atoms. The third-order valence-corrected chi connectivity index (χ3v) is 5.15. The van der Waals surface area contributed by atoms with E-state index in [4.69, 9.17) is 0 Å². The number of nitriles is 1. The Balaban J connectivity index is 2.31. The van der Waals surface area contributed by atoms with Gasteiger partial charge in [0.1, 0.15) is 11.8 Å². The van der Waals surface area contributed by atoms with Crippen LogP contribution in [0.3, 0.4) is 0 Å². The zero-order chi connectivity index (χ0) is 19.4. The van der Waals surface area contributed by atoms with Crippen LogP contribution in [-0.4, -0.2) is 13.5 Å². The van der Waals surface area contributed by atoms with Crippen molar-refractivity contribution in [2.75, 3.05) is 0 Å². The summed E-state index contributed by atoms with van der Waals surface area (Å²) in [7, 11) is -3.94. The van der Waals surface area contributed by atoms with Crippen LogP contribution >= 0.6 is 0 Å². The molecule has 0 aliphatic carbocycles. The van der Waals surface area contributed by atoms with Crippen molar-refractivity contribution in [2.45, 2.75) is 32.7 Å². The molecule has 0 fully saturated rings. The van der Waals surface area contributed by atoms with E-state index in [1.165, 1.54) is 12.1 Å². The van der Waals surface area contributed by atoms with Gasteiger partial charge in [0.25, 0.3) is 10.0 Å². The minimum atomic E-state index is -3.94. The first-order valence-electron chi connectivity index (χ1n) is 8.12. The fourth-order valence-corrected chi connectivity index (χ4v) is 3.34. The van der Waals surface area contributed by atoms with Crippen molar-refractivity contribution in [2.24, 2.45) is 0 Å². The molecule has 2 aromatic rings. The van der Waals surface area contributed by atoms with Crippen molar-refractivity contribution in [1.29, 1.82) is 5.26 Å². The molecule has 0 aliphatic rings. The number of sulfonamides is 1. The second-order valence-electron chi connectivity index (χ2n) is 6.96. The number of phenolic OH excluding ortho intramolecular Hbond substituents is 1. The van der Waals surface area contributed by atoms with E-state index >= 15 is 0 Å². The van der Waals surface area contributed by atoms with E-state index in [0.717, 1.165) is 5.56 Å². The number of benzene rings is 2. The summed E-state index contributed by atoms with van der Waals surface area (Å²) in [6.45, 7) is 5.93. The molecule has 0 atom stereocenters. The maximum Gasteiger partial charge on any atom is 0.251 e. The highest BCUT2D eigenvalue weighted by Crippen LogP contribution is 2.31. The average molecular weight is 370 g/mol. The van der Waals surface area contributed by atoms with Crippen LogP contribution in [-0.2, 0) is 22.0 Å². The second-order valence-corrected chi connectivity index (χ2v) is 8.69. The van der Waals surface area contributed by atoms with Crippen LogP contribution in [0.2, 0.25) is 0 Å². The molecule has 0 spiro atoms. The lowest BCUT2D eigenvalue weighted by molar-refractivity contribution is 0.446. The minimum absolute atomic E-state index is 0.102. The van der Waals surface area contributed by atoms with E-state index in [2.05, 4.69) is 4.72 Å². The summed E-state index contributed by atoms with van der Waals surface area (Å²) in [5, 5.41) is 19.3.